The van der Waals surface area contributed by atoms with Crippen LogP contribution in [-0.4, -0.2) is 19.8 Å². The van der Waals surface area contributed by atoms with Crippen LogP contribution in [0.4, 0.5) is 5.69 Å². The normalized spacial score (nSPS) is 15.5. The van der Waals surface area contributed by atoms with Gasteiger partial charge in [-0.3, -0.25) is 0 Å². The van der Waals surface area contributed by atoms with Crippen molar-refractivity contribution >= 4 is 17.3 Å². The van der Waals surface area contributed by atoms with E-state index in [0.29, 0.717) is 10.9 Å². The van der Waals surface area contributed by atoms with Gasteiger partial charge in [0.15, 0.2) is 5.75 Å². The van der Waals surface area contributed by atoms with Crippen molar-refractivity contribution < 1.29 is 9.47 Å². The van der Waals surface area contributed by atoms with Crippen LogP contribution in [0.2, 0.25) is 5.02 Å². The fourth-order valence-corrected chi connectivity index (χ4v) is 2.66. The first-order valence-corrected chi connectivity index (χ1v) is 8.03. The predicted octanol–water partition coefficient (Wildman–Crippen LogP) is 4.97. The molecule has 0 aliphatic carbocycles. The molecular formula is C18H20ClNO2. The lowest BCUT2D eigenvalue weighted by Crippen LogP contribution is -2.22. The monoisotopic (exact) mass is 317 g/mol. The Kier molecular flexibility index (Phi) is 5.20. The van der Waals surface area contributed by atoms with Crippen molar-refractivity contribution in [2.45, 2.75) is 12.8 Å². The van der Waals surface area contributed by atoms with Crippen molar-refractivity contribution in [2.24, 2.45) is 5.92 Å². The van der Waals surface area contributed by atoms with E-state index in [0.717, 1.165) is 49.8 Å². The average Bonchev–Trinajstić information content (AvgIpc) is 2.57. The van der Waals surface area contributed by atoms with Crippen LogP contribution < -0.4 is 10.1 Å². The van der Waals surface area contributed by atoms with E-state index in [1.54, 1.807) is 0 Å². The smallest absolute Gasteiger partial charge is 0.150 e. The second-order valence-corrected chi connectivity index (χ2v) is 5.93. The number of para-hydroxylation sites is 2. The summed E-state index contributed by atoms with van der Waals surface area (Å²) in [6, 6.07) is 15.4. The van der Waals surface area contributed by atoms with Crippen LogP contribution in [-0.2, 0) is 4.74 Å². The standard InChI is InChI=1S/C18H20ClNO2/c19-15-5-7-16(8-6-15)22-18-4-2-1-3-17(18)20-13-14-9-11-21-12-10-14/h1-8,14,20H,9-13H2. The second kappa shape index (κ2) is 7.52. The zero-order valence-electron chi connectivity index (χ0n) is 12.4. The van der Waals surface area contributed by atoms with Gasteiger partial charge in [-0.15, -0.1) is 0 Å². The second-order valence-electron chi connectivity index (χ2n) is 5.49. The zero-order valence-corrected chi connectivity index (χ0v) is 13.2. The van der Waals surface area contributed by atoms with Gasteiger partial charge in [-0.1, -0.05) is 23.7 Å². The number of rotatable bonds is 5. The van der Waals surface area contributed by atoms with E-state index in [1.165, 1.54) is 0 Å². The number of nitrogens with one attached hydrogen (secondary N) is 1. The molecule has 0 bridgehead atoms. The molecule has 0 aromatic heterocycles. The molecule has 1 aliphatic heterocycles. The van der Waals surface area contributed by atoms with Crippen LogP contribution in [0.15, 0.2) is 48.5 Å². The van der Waals surface area contributed by atoms with E-state index < -0.39 is 0 Å². The van der Waals surface area contributed by atoms with Gasteiger partial charge in [-0.2, -0.15) is 0 Å². The first kappa shape index (κ1) is 15.2. The summed E-state index contributed by atoms with van der Waals surface area (Å²) in [5, 5.41) is 4.21. The van der Waals surface area contributed by atoms with Gasteiger partial charge >= 0.3 is 0 Å². The van der Waals surface area contributed by atoms with Crippen LogP contribution in [0.1, 0.15) is 12.8 Å². The number of anilines is 1. The van der Waals surface area contributed by atoms with Gasteiger partial charge in [0.25, 0.3) is 0 Å². The molecule has 1 saturated heterocycles. The molecule has 0 atom stereocenters. The minimum absolute atomic E-state index is 0.664. The number of halogens is 1. The van der Waals surface area contributed by atoms with Crippen molar-refractivity contribution in [1.82, 2.24) is 0 Å². The van der Waals surface area contributed by atoms with Crippen LogP contribution in [0, 0.1) is 5.92 Å². The van der Waals surface area contributed by atoms with E-state index in [-0.39, 0.29) is 0 Å². The molecule has 0 radical (unpaired) electrons. The molecular weight excluding hydrogens is 298 g/mol. The third-order valence-electron chi connectivity index (χ3n) is 3.85. The third kappa shape index (κ3) is 4.15. The van der Waals surface area contributed by atoms with Crippen LogP contribution in [0.5, 0.6) is 11.5 Å². The van der Waals surface area contributed by atoms with Gasteiger partial charge in [0.05, 0.1) is 5.69 Å². The van der Waals surface area contributed by atoms with Crippen LogP contribution in [0.25, 0.3) is 0 Å². The van der Waals surface area contributed by atoms with Crippen molar-refractivity contribution in [3.63, 3.8) is 0 Å². The molecule has 0 saturated carbocycles. The molecule has 2 aromatic rings. The highest BCUT2D eigenvalue weighted by Crippen LogP contribution is 2.30. The topological polar surface area (TPSA) is 30.5 Å². The highest BCUT2D eigenvalue weighted by Gasteiger charge is 2.14. The molecule has 0 spiro atoms. The summed E-state index contributed by atoms with van der Waals surface area (Å²) >= 11 is 5.90. The maximum absolute atomic E-state index is 5.96. The fraction of sp³-hybridized carbons (Fsp3) is 0.333. The summed E-state index contributed by atoms with van der Waals surface area (Å²) in [7, 11) is 0. The van der Waals surface area contributed by atoms with Gasteiger partial charge < -0.3 is 14.8 Å². The van der Waals surface area contributed by atoms with Crippen molar-refractivity contribution in [2.75, 3.05) is 25.1 Å². The Morgan fingerprint density at radius 3 is 2.55 bits per heavy atom. The first-order chi connectivity index (χ1) is 10.8. The van der Waals surface area contributed by atoms with E-state index >= 15 is 0 Å². The summed E-state index contributed by atoms with van der Waals surface area (Å²) in [6.07, 6.45) is 2.24. The van der Waals surface area contributed by atoms with Crippen LogP contribution >= 0.6 is 11.6 Å². The van der Waals surface area contributed by atoms with Crippen molar-refractivity contribution in [1.29, 1.82) is 0 Å². The molecule has 2 aromatic carbocycles. The molecule has 0 unspecified atom stereocenters. The zero-order chi connectivity index (χ0) is 15.2. The number of benzene rings is 2. The summed E-state index contributed by atoms with van der Waals surface area (Å²) < 4.78 is 11.4. The molecule has 1 N–H and O–H groups in total. The Balaban J connectivity index is 1.65. The quantitative estimate of drug-likeness (QED) is 0.844. The Bertz CT molecular complexity index is 594. The third-order valence-corrected chi connectivity index (χ3v) is 4.10. The molecule has 116 valence electrons. The number of hydrogen-bond donors (Lipinski definition) is 1. The molecule has 1 heterocycles. The first-order valence-electron chi connectivity index (χ1n) is 7.65. The Morgan fingerprint density at radius 2 is 1.77 bits per heavy atom. The summed E-state index contributed by atoms with van der Waals surface area (Å²) in [4.78, 5) is 0. The summed E-state index contributed by atoms with van der Waals surface area (Å²) in [6.45, 7) is 2.69. The van der Waals surface area contributed by atoms with Crippen LogP contribution in [0.3, 0.4) is 0 Å². The lowest BCUT2D eigenvalue weighted by atomic mass is 10.0. The predicted molar refractivity (Wildman–Crippen MR) is 90.0 cm³/mol. The minimum atomic E-state index is 0.664. The molecule has 1 fully saturated rings. The Labute approximate surface area is 136 Å². The van der Waals surface area contributed by atoms with E-state index in [1.807, 2.05) is 48.5 Å². The van der Waals surface area contributed by atoms with Gasteiger partial charge in [0, 0.05) is 24.8 Å². The van der Waals surface area contributed by atoms with Crippen molar-refractivity contribution in [3.05, 3.63) is 53.6 Å². The lowest BCUT2D eigenvalue weighted by Gasteiger charge is -2.23. The number of hydrogen-bond acceptors (Lipinski definition) is 3. The largest absolute Gasteiger partial charge is 0.455 e. The minimum Gasteiger partial charge on any atom is -0.455 e. The molecule has 1 aliphatic rings. The van der Waals surface area contributed by atoms with Gasteiger partial charge in [-0.05, 0) is 55.2 Å². The van der Waals surface area contributed by atoms with Gasteiger partial charge in [-0.25, -0.2) is 0 Å². The maximum atomic E-state index is 5.96. The molecule has 4 heteroatoms. The molecule has 22 heavy (non-hydrogen) atoms. The lowest BCUT2D eigenvalue weighted by molar-refractivity contribution is 0.0699. The molecule has 3 rings (SSSR count). The number of ether oxygens (including phenoxy) is 2. The van der Waals surface area contributed by atoms with Gasteiger partial charge in [0.2, 0.25) is 0 Å². The fourth-order valence-electron chi connectivity index (χ4n) is 2.54. The summed E-state index contributed by atoms with van der Waals surface area (Å²) in [5.41, 5.74) is 1.02. The highest BCUT2D eigenvalue weighted by atomic mass is 35.5. The molecule has 0 amide bonds. The van der Waals surface area contributed by atoms with E-state index in [4.69, 9.17) is 21.1 Å². The van der Waals surface area contributed by atoms with E-state index in [9.17, 15) is 0 Å². The maximum Gasteiger partial charge on any atom is 0.150 e. The Hall–Kier alpha value is -1.71. The SMILES string of the molecule is Clc1ccc(Oc2ccccc2NCC2CCOCC2)cc1. The van der Waals surface area contributed by atoms with E-state index in [2.05, 4.69) is 5.32 Å². The molecule has 3 nitrogen and oxygen atoms in total. The highest BCUT2D eigenvalue weighted by molar-refractivity contribution is 6.30. The summed E-state index contributed by atoms with van der Waals surface area (Å²) in [5.74, 6) is 2.28. The average molecular weight is 318 g/mol. The van der Waals surface area contributed by atoms with Gasteiger partial charge in [0.1, 0.15) is 5.75 Å². The Morgan fingerprint density at radius 1 is 1.05 bits per heavy atom. The van der Waals surface area contributed by atoms with Crippen molar-refractivity contribution in [3.8, 4) is 11.5 Å².